The first-order valence-corrected chi connectivity index (χ1v) is 10.4. The summed E-state index contributed by atoms with van der Waals surface area (Å²) in [6.45, 7) is 2.21. The number of rotatable bonds is 19. The second kappa shape index (κ2) is 20.5. The van der Waals surface area contributed by atoms with Gasteiger partial charge in [-0.3, -0.25) is 0 Å². The summed E-state index contributed by atoms with van der Waals surface area (Å²) in [5.41, 5.74) is 0. The highest BCUT2D eigenvalue weighted by Gasteiger charge is 1.98. The average molecular weight is 343 g/mol. The minimum Gasteiger partial charge on any atom is -0.499 e. The molecule has 1 atom stereocenters. The lowest BCUT2D eigenvalue weighted by molar-refractivity contribution is 0.0383. The highest BCUT2D eigenvalue weighted by molar-refractivity contribution is 4.73. The Morgan fingerprint density at radius 2 is 1.21 bits per heavy atom. The molecule has 0 aliphatic rings. The molecule has 24 heavy (non-hydrogen) atoms. The van der Waals surface area contributed by atoms with E-state index in [0.29, 0.717) is 0 Å². The molecule has 0 aliphatic heterocycles. The molecule has 2 N–H and O–H groups in total. The molecular formula is C21H42O3. The van der Waals surface area contributed by atoms with Gasteiger partial charge in [0.15, 0.2) is 0 Å². The van der Waals surface area contributed by atoms with E-state index in [4.69, 9.17) is 14.9 Å². The van der Waals surface area contributed by atoms with Gasteiger partial charge in [0, 0.05) is 0 Å². The lowest BCUT2D eigenvalue weighted by Crippen LogP contribution is -2.17. The lowest BCUT2D eigenvalue weighted by Gasteiger charge is -2.05. The van der Waals surface area contributed by atoms with Crippen LogP contribution in [0.2, 0.25) is 0 Å². The Hall–Kier alpha value is -0.540. The zero-order valence-corrected chi connectivity index (χ0v) is 16.1. The fraction of sp³-hybridized carbons (Fsp3) is 0.905. The van der Waals surface area contributed by atoms with Crippen LogP contribution in [0.25, 0.3) is 0 Å². The van der Waals surface area contributed by atoms with Crippen molar-refractivity contribution < 1.29 is 14.9 Å². The minimum atomic E-state index is -0.768. The molecule has 3 heteroatoms. The summed E-state index contributed by atoms with van der Waals surface area (Å²) >= 11 is 0. The molecule has 0 aromatic carbocycles. The maximum absolute atomic E-state index is 9.08. The molecule has 0 fully saturated rings. The molecule has 144 valence electrons. The van der Waals surface area contributed by atoms with Crippen LogP contribution in [0.5, 0.6) is 0 Å². The van der Waals surface area contributed by atoms with E-state index >= 15 is 0 Å². The molecule has 0 rings (SSSR count). The standard InChI is InChI=1S/C21H42O3/c1-2-3-4-5-6-7-8-9-10-11-12-13-14-15-16-17-18-24-20-21(23)19-22/h17-18,21-23H,2-16,19-20H2,1H3/t21-/m1/s1. The van der Waals surface area contributed by atoms with Crippen LogP contribution < -0.4 is 0 Å². The van der Waals surface area contributed by atoms with E-state index in [0.717, 1.165) is 6.42 Å². The zero-order valence-electron chi connectivity index (χ0n) is 16.1. The quantitative estimate of drug-likeness (QED) is 0.232. The van der Waals surface area contributed by atoms with Gasteiger partial charge >= 0.3 is 0 Å². The summed E-state index contributed by atoms with van der Waals surface area (Å²) in [4.78, 5) is 0. The van der Waals surface area contributed by atoms with Crippen molar-refractivity contribution in [3.63, 3.8) is 0 Å². The predicted octanol–water partition coefficient (Wildman–Crippen LogP) is 5.74. The molecule has 0 amide bonds. The summed E-state index contributed by atoms with van der Waals surface area (Å²) in [5, 5.41) is 17.7. The van der Waals surface area contributed by atoms with E-state index in [9.17, 15) is 0 Å². The van der Waals surface area contributed by atoms with Gasteiger partial charge in [0.1, 0.15) is 12.7 Å². The molecule has 0 bridgehead atoms. The fourth-order valence-corrected chi connectivity index (χ4v) is 2.81. The largest absolute Gasteiger partial charge is 0.499 e. The van der Waals surface area contributed by atoms with Gasteiger partial charge in [-0.05, 0) is 18.9 Å². The third-order valence-electron chi connectivity index (χ3n) is 4.42. The Labute approximate surface area is 150 Å². The van der Waals surface area contributed by atoms with Crippen LogP contribution in [0.4, 0.5) is 0 Å². The maximum atomic E-state index is 9.08. The van der Waals surface area contributed by atoms with Crippen LogP contribution in [0.1, 0.15) is 103 Å². The van der Waals surface area contributed by atoms with Crippen molar-refractivity contribution in [2.45, 2.75) is 109 Å². The fourth-order valence-electron chi connectivity index (χ4n) is 2.81. The molecular weight excluding hydrogens is 300 g/mol. The Morgan fingerprint density at radius 1 is 0.750 bits per heavy atom. The van der Waals surface area contributed by atoms with Crippen LogP contribution in [-0.2, 0) is 4.74 Å². The van der Waals surface area contributed by atoms with Gasteiger partial charge in [-0.25, -0.2) is 0 Å². The average Bonchev–Trinajstić information content (AvgIpc) is 2.60. The van der Waals surface area contributed by atoms with Crippen LogP contribution >= 0.6 is 0 Å². The normalized spacial score (nSPS) is 12.8. The summed E-state index contributed by atoms with van der Waals surface area (Å²) in [6, 6.07) is 0. The van der Waals surface area contributed by atoms with E-state index < -0.39 is 6.10 Å². The smallest absolute Gasteiger partial charge is 0.115 e. The SMILES string of the molecule is CCCCCCCCCCCCCCCCC=COC[C@H](O)CO. The second-order valence-electron chi connectivity index (χ2n) is 6.93. The lowest BCUT2D eigenvalue weighted by atomic mass is 10.0. The number of aliphatic hydroxyl groups excluding tert-OH is 2. The first kappa shape index (κ1) is 23.5. The van der Waals surface area contributed by atoms with Gasteiger partial charge in [0.2, 0.25) is 0 Å². The topological polar surface area (TPSA) is 49.7 Å². The van der Waals surface area contributed by atoms with Crippen LogP contribution in [-0.4, -0.2) is 29.5 Å². The number of ether oxygens (including phenoxy) is 1. The molecule has 0 unspecified atom stereocenters. The van der Waals surface area contributed by atoms with Crippen molar-refractivity contribution in [3.8, 4) is 0 Å². The van der Waals surface area contributed by atoms with Gasteiger partial charge in [-0.1, -0.05) is 90.4 Å². The molecule has 3 nitrogen and oxygen atoms in total. The molecule has 0 radical (unpaired) electrons. The molecule has 0 saturated carbocycles. The van der Waals surface area contributed by atoms with Crippen molar-refractivity contribution in [2.75, 3.05) is 13.2 Å². The van der Waals surface area contributed by atoms with Crippen LogP contribution in [0, 0.1) is 0 Å². The summed E-state index contributed by atoms with van der Waals surface area (Å²) < 4.78 is 5.11. The van der Waals surface area contributed by atoms with Gasteiger partial charge in [0.05, 0.1) is 12.9 Å². The van der Waals surface area contributed by atoms with E-state index in [1.807, 2.05) is 6.08 Å². The third kappa shape index (κ3) is 19.5. The maximum Gasteiger partial charge on any atom is 0.115 e. The molecule has 0 aromatic rings. The summed E-state index contributed by atoms with van der Waals surface area (Å²) in [6.07, 6.45) is 23.3. The van der Waals surface area contributed by atoms with Crippen molar-refractivity contribution >= 4 is 0 Å². The first-order chi connectivity index (χ1) is 11.8. The van der Waals surface area contributed by atoms with Gasteiger partial charge in [0.25, 0.3) is 0 Å². The van der Waals surface area contributed by atoms with Crippen molar-refractivity contribution in [2.24, 2.45) is 0 Å². The first-order valence-electron chi connectivity index (χ1n) is 10.4. The third-order valence-corrected chi connectivity index (χ3v) is 4.42. The Morgan fingerprint density at radius 3 is 1.67 bits per heavy atom. The number of hydrogen-bond donors (Lipinski definition) is 2. The van der Waals surface area contributed by atoms with Crippen molar-refractivity contribution in [1.82, 2.24) is 0 Å². The van der Waals surface area contributed by atoms with Crippen molar-refractivity contribution in [1.29, 1.82) is 0 Å². The van der Waals surface area contributed by atoms with E-state index in [1.165, 1.54) is 89.9 Å². The van der Waals surface area contributed by atoms with Gasteiger partial charge < -0.3 is 14.9 Å². The highest BCUT2D eigenvalue weighted by Crippen LogP contribution is 2.13. The molecule has 0 aliphatic carbocycles. The second-order valence-corrected chi connectivity index (χ2v) is 6.93. The number of allylic oxidation sites excluding steroid dienone is 1. The van der Waals surface area contributed by atoms with Crippen LogP contribution in [0.3, 0.4) is 0 Å². The highest BCUT2D eigenvalue weighted by atomic mass is 16.5. The number of hydrogen-bond acceptors (Lipinski definition) is 3. The van der Waals surface area contributed by atoms with Gasteiger partial charge in [-0.15, -0.1) is 0 Å². The number of unbranched alkanes of at least 4 members (excludes halogenated alkanes) is 14. The summed E-state index contributed by atoms with van der Waals surface area (Å²) in [7, 11) is 0. The van der Waals surface area contributed by atoms with Crippen molar-refractivity contribution in [3.05, 3.63) is 12.3 Å². The van der Waals surface area contributed by atoms with Crippen LogP contribution in [0.15, 0.2) is 12.3 Å². The van der Waals surface area contributed by atoms with E-state index in [1.54, 1.807) is 6.26 Å². The molecule has 0 saturated heterocycles. The molecule has 0 heterocycles. The Bertz CT molecular complexity index is 253. The molecule has 0 aromatic heterocycles. The Kier molecular flexibility index (Phi) is 20.0. The minimum absolute atomic E-state index is 0.172. The molecule has 0 spiro atoms. The predicted molar refractivity (Wildman–Crippen MR) is 103 cm³/mol. The van der Waals surface area contributed by atoms with Gasteiger partial charge in [-0.2, -0.15) is 0 Å². The monoisotopic (exact) mass is 342 g/mol. The number of aliphatic hydroxyl groups is 2. The van der Waals surface area contributed by atoms with E-state index in [2.05, 4.69) is 6.92 Å². The van der Waals surface area contributed by atoms with E-state index in [-0.39, 0.29) is 13.2 Å². The zero-order chi connectivity index (χ0) is 17.7. The summed E-state index contributed by atoms with van der Waals surface area (Å²) in [5.74, 6) is 0. The Balaban J connectivity index is 3.06.